The molecule has 6 nitrogen and oxygen atoms in total. The molecule has 0 spiro atoms. The van der Waals surface area contributed by atoms with E-state index < -0.39 is 10.8 Å². The summed E-state index contributed by atoms with van der Waals surface area (Å²) in [5.41, 5.74) is 0.283. The molecular weight excluding hydrogens is 331 g/mol. The normalized spacial score (nSPS) is 10.1. The van der Waals surface area contributed by atoms with Gasteiger partial charge in [0.15, 0.2) is 0 Å². The lowest BCUT2D eigenvalue weighted by molar-refractivity contribution is -0.384. The fraction of sp³-hybridized carbons (Fsp3) is 0.0714. The molecule has 2 rings (SSSR count). The second kappa shape index (κ2) is 6.64. The van der Waals surface area contributed by atoms with Gasteiger partial charge >= 0.3 is 0 Å². The molecule has 1 amide bonds. The van der Waals surface area contributed by atoms with E-state index in [1.807, 2.05) is 0 Å². The monoisotopic (exact) mass is 340 g/mol. The van der Waals surface area contributed by atoms with E-state index in [0.29, 0.717) is 16.5 Å². The Balaban J connectivity index is 2.30. The fourth-order valence-corrected chi connectivity index (χ4v) is 2.20. The van der Waals surface area contributed by atoms with Crippen molar-refractivity contribution in [1.29, 1.82) is 0 Å². The Morgan fingerprint density at radius 1 is 1.23 bits per heavy atom. The average molecular weight is 341 g/mol. The Kier molecular flexibility index (Phi) is 4.85. The molecule has 0 saturated carbocycles. The zero-order chi connectivity index (χ0) is 16.3. The summed E-state index contributed by atoms with van der Waals surface area (Å²) < 4.78 is 5.12. The van der Waals surface area contributed by atoms with Gasteiger partial charge in [0.2, 0.25) is 0 Å². The summed E-state index contributed by atoms with van der Waals surface area (Å²) in [7, 11) is 1.46. The number of nitro groups is 1. The molecule has 2 aromatic rings. The smallest absolute Gasteiger partial charge is 0.270 e. The summed E-state index contributed by atoms with van der Waals surface area (Å²) in [6, 6.07) is 8.36. The number of halogens is 2. The number of carbonyl (C=O) groups excluding carboxylic acids is 1. The number of ether oxygens (including phenoxy) is 1. The molecule has 0 atom stereocenters. The van der Waals surface area contributed by atoms with Crippen molar-refractivity contribution in [3.63, 3.8) is 0 Å². The van der Waals surface area contributed by atoms with Crippen molar-refractivity contribution in [2.75, 3.05) is 12.4 Å². The Bertz CT molecular complexity index is 750. The van der Waals surface area contributed by atoms with Crippen LogP contribution in [0, 0.1) is 10.1 Å². The second-order valence-electron chi connectivity index (χ2n) is 4.22. The van der Waals surface area contributed by atoms with Crippen LogP contribution >= 0.6 is 23.2 Å². The summed E-state index contributed by atoms with van der Waals surface area (Å²) in [6.07, 6.45) is 0. The highest BCUT2D eigenvalue weighted by Gasteiger charge is 2.16. The van der Waals surface area contributed by atoms with Gasteiger partial charge < -0.3 is 10.1 Å². The third-order valence-corrected chi connectivity index (χ3v) is 3.37. The number of amides is 1. The van der Waals surface area contributed by atoms with Crippen LogP contribution in [0.1, 0.15) is 10.4 Å². The molecule has 0 aliphatic rings. The summed E-state index contributed by atoms with van der Waals surface area (Å²) in [4.78, 5) is 22.3. The van der Waals surface area contributed by atoms with Crippen molar-refractivity contribution >= 4 is 40.5 Å². The van der Waals surface area contributed by atoms with E-state index in [1.165, 1.54) is 25.3 Å². The van der Waals surface area contributed by atoms with Gasteiger partial charge in [-0.25, -0.2) is 0 Å². The number of rotatable bonds is 4. The van der Waals surface area contributed by atoms with Gasteiger partial charge in [0.05, 0.1) is 28.3 Å². The minimum atomic E-state index is -0.590. The van der Waals surface area contributed by atoms with Crippen LogP contribution in [0.3, 0.4) is 0 Å². The highest BCUT2D eigenvalue weighted by molar-refractivity contribution is 6.34. The molecule has 1 N–H and O–H groups in total. The van der Waals surface area contributed by atoms with Crippen LogP contribution in [0.4, 0.5) is 11.4 Å². The maximum Gasteiger partial charge on any atom is 0.270 e. The summed E-state index contributed by atoms with van der Waals surface area (Å²) in [6.45, 7) is 0. The number of nitrogens with zero attached hydrogens (tertiary/aromatic N) is 1. The van der Waals surface area contributed by atoms with Crippen molar-refractivity contribution in [3.8, 4) is 5.75 Å². The van der Waals surface area contributed by atoms with E-state index in [2.05, 4.69) is 5.32 Å². The number of non-ortho nitro benzene ring substituents is 1. The average Bonchev–Trinajstić information content (AvgIpc) is 2.47. The predicted octanol–water partition coefficient (Wildman–Crippen LogP) is 4.16. The van der Waals surface area contributed by atoms with E-state index in [0.717, 1.165) is 6.07 Å². The maximum absolute atomic E-state index is 12.2. The zero-order valence-electron chi connectivity index (χ0n) is 11.3. The molecule has 0 radical (unpaired) electrons. The summed E-state index contributed by atoms with van der Waals surface area (Å²) >= 11 is 11.8. The number of hydrogen-bond acceptors (Lipinski definition) is 4. The molecule has 8 heteroatoms. The van der Waals surface area contributed by atoms with Crippen molar-refractivity contribution in [2.24, 2.45) is 0 Å². The Hall–Kier alpha value is -2.31. The third kappa shape index (κ3) is 3.47. The second-order valence-corrected chi connectivity index (χ2v) is 5.06. The number of anilines is 1. The van der Waals surface area contributed by atoms with Crippen molar-refractivity contribution in [1.82, 2.24) is 0 Å². The van der Waals surface area contributed by atoms with Crippen molar-refractivity contribution < 1.29 is 14.5 Å². The van der Waals surface area contributed by atoms with Gasteiger partial charge in [-0.15, -0.1) is 0 Å². The van der Waals surface area contributed by atoms with Gasteiger partial charge in [-0.1, -0.05) is 23.2 Å². The number of carbonyl (C=O) groups is 1. The summed E-state index contributed by atoms with van der Waals surface area (Å²) in [5, 5.41) is 13.7. The SMILES string of the molecule is COc1ccc(Cl)cc1NC(=O)c1ccc([N+](=O)[O-])cc1Cl. The number of hydrogen-bond donors (Lipinski definition) is 1. The van der Waals surface area contributed by atoms with Crippen molar-refractivity contribution in [3.05, 3.63) is 62.1 Å². The van der Waals surface area contributed by atoms with Crippen LogP contribution in [0.2, 0.25) is 10.0 Å². The van der Waals surface area contributed by atoms with E-state index in [4.69, 9.17) is 27.9 Å². The van der Waals surface area contributed by atoms with Crippen LogP contribution in [0.25, 0.3) is 0 Å². The van der Waals surface area contributed by atoms with Gasteiger partial charge in [-0.3, -0.25) is 14.9 Å². The minimum Gasteiger partial charge on any atom is -0.495 e. The van der Waals surface area contributed by atoms with Crippen LogP contribution in [-0.4, -0.2) is 17.9 Å². The highest BCUT2D eigenvalue weighted by Crippen LogP contribution is 2.29. The van der Waals surface area contributed by atoms with Crippen LogP contribution < -0.4 is 10.1 Å². The van der Waals surface area contributed by atoms with E-state index in [-0.39, 0.29) is 16.3 Å². The maximum atomic E-state index is 12.2. The lowest BCUT2D eigenvalue weighted by atomic mass is 10.2. The standard InChI is InChI=1S/C14H10Cl2N2O4/c1-22-13-5-2-8(15)6-12(13)17-14(19)10-4-3-9(18(20)21)7-11(10)16/h2-7H,1H3,(H,17,19). The van der Waals surface area contributed by atoms with Gasteiger partial charge in [0.1, 0.15) is 5.75 Å². The van der Waals surface area contributed by atoms with Crippen LogP contribution in [0.15, 0.2) is 36.4 Å². The zero-order valence-corrected chi connectivity index (χ0v) is 12.8. The van der Waals surface area contributed by atoms with Crippen molar-refractivity contribution in [2.45, 2.75) is 0 Å². The highest BCUT2D eigenvalue weighted by atomic mass is 35.5. The molecule has 22 heavy (non-hydrogen) atoms. The molecule has 114 valence electrons. The van der Waals surface area contributed by atoms with E-state index in [9.17, 15) is 14.9 Å². The molecule has 0 fully saturated rings. The quantitative estimate of drug-likeness (QED) is 0.669. The number of nitrogens with one attached hydrogen (secondary N) is 1. The lowest BCUT2D eigenvalue weighted by Gasteiger charge is -2.11. The number of nitro benzene ring substituents is 1. The molecule has 2 aromatic carbocycles. The van der Waals surface area contributed by atoms with E-state index in [1.54, 1.807) is 12.1 Å². The molecule has 0 aliphatic carbocycles. The predicted molar refractivity (Wildman–Crippen MR) is 84.1 cm³/mol. The van der Waals surface area contributed by atoms with Gasteiger partial charge in [0, 0.05) is 17.2 Å². The molecule has 0 aliphatic heterocycles. The topological polar surface area (TPSA) is 81.5 Å². The molecular formula is C14H10Cl2N2O4. The van der Waals surface area contributed by atoms with Gasteiger partial charge in [-0.05, 0) is 24.3 Å². The molecule has 0 aromatic heterocycles. The van der Waals surface area contributed by atoms with Gasteiger partial charge in [0.25, 0.3) is 11.6 Å². The van der Waals surface area contributed by atoms with Crippen LogP contribution in [-0.2, 0) is 0 Å². The first-order valence-corrected chi connectivity index (χ1v) is 6.77. The minimum absolute atomic E-state index is 0.0207. The third-order valence-electron chi connectivity index (χ3n) is 2.82. The Morgan fingerprint density at radius 3 is 2.55 bits per heavy atom. The van der Waals surface area contributed by atoms with Gasteiger partial charge in [-0.2, -0.15) is 0 Å². The molecule has 0 bridgehead atoms. The first kappa shape index (κ1) is 16.1. The molecule has 0 unspecified atom stereocenters. The Morgan fingerprint density at radius 2 is 1.95 bits per heavy atom. The first-order valence-electron chi connectivity index (χ1n) is 6.01. The fourth-order valence-electron chi connectivity index (χ4n) is 1.77. The molecule has 0 saturated heterocycles. The lowest BCUT2D eigenvalue weighted by Crippen LogP contribution is -2.13. The van der Waals surface area contributed by atoms with E-state index >= 15 is 0 Å². The summed E-state index contributed by atoms with van der Waals surface area (Å²) in [5.74, 6) is -0.101. The number of methoxy groups -OCH3 is 1. The van der Waals surface area contributed by atoms with Crippen LogP contribution in [0.5, 0.6) is 5.75 Å². The number of benzene rings is 2. The molecule has 0 heterocycles. The largest absolute Gasteiger partial charge is 0.495 e. The Labute approximate surface area is 135 Å². The first-order chi connectivity index (χ1) is 10.4.